The molecular weight excluding hydrogens is 245 g/mol. The summed E-state index contributed by atoms with van der Waals surface area (Å²) in [7, 11) is 0. The van der Waals surface area contributed by atoms with Crippen LogP contribution in [0.5, 0.6) is 5.75 Å². The first-order valence-electron chi connectivity index (χ1n) is 5.99. The Morgan fingerprint density at radius 3 is 2.68 bits per heavy atom. The zero-order valence-electron chi connectivity index (χ0n) is 10.6. The van der Waals surface area contributed by atoms with Gasteiger partial charge in [0, 0.05) is 18.8 Å². The molecule has 1 aromatic carbocycles. The van der Waals surface area contributed by atoms with Crippen LogP contribution < -0.4 is 4.74 Å². The number of benzene rings is 1. The number of hydrogen-bond acceptors (Lipinski definition) is 3. The van der Waals surface area contributed by atoms with Crippen LogP contribution in [0.4, 0.5) is 4.39 Å². The van der Waals surface area contributed by atoms with E-state index in [1.54, 1.807) is 12.4 Å². The topological polar surface area (TPSA) is 39.2 Å². The molecule has 0 saturated heterocycles. The number of ketones is 1. The van der Waals surface area contributed by atoms with E-state index in [1.807, 2.05) is 12.1 Å². The number of pyridine rings is 1. The molecule has 98 valence electrons. The number of carbonyl (C=O) groups is 1. The van der Waals surface area contributed by atoms with Crippen molar-refractivity contribution < 1.29 is 13.9 Å². The third kappa shape index (κ3) is 3.61. The van der Waals surface area contributed by atoms with Gasteiger partial charge in [-0.2, -0.15) is 0 Å². The summed E-state index contributed by atoms with van der Waals surface area (Å²) in [5.41, 5.74) is 1.37. The summed E-state index contributed by atoms with van der Waals surface area (Å²) in [6.45, 7) is 1.82. The Morgan fingerprint density at radius 2 is 2.00 bits per heavy atom. The Kier molecular flexibility index (Phi) is 4.23. The summed E-state index contributed by atoms with van der Waals surface area (Å²) < 4.78 is 18.6. The lowest BCUT2D eigenvalue weighted by Gasteiger charge is -2.09. The fraction of sp³-hybridized carbons (Fsp3) is 0.200. The van der Waals surface area contributed by atoms with Crippen LogP contribution in [0.15, 0.2) is 42.7 Å². The maximum Gasteiger partial charge on any atom is 0.163 e. The lowest BCUT2D eigenvalue weighted by molar-refractivity contribution is 0.101. The zero-order valence-corrected chi connectivity index (χ0v) is 10.6. The molecule has 4 heteroatoms. The van der Waals surface area contributed by atoms with Crippen LogP contribution in [0, 0.1) is 5.82 Å². The first-order valence-corrected chi connectivity index (χ1v) is 5.99. The van der Waals surface area contributed by atoms with Crippen molar-refractivity contribution in [1.29, 1.82) is 0 Å². The first-order chi connectivity index (χ1) is 9.16. The molecule has 3 nitrogen and oxygen atoms in total. The molecule has 2 aromatic rings. The van der Waals surface area contributed by atoms with E-state index in [0.29, 0.717) is 18.8 Å². The Labute approximate surface area is 111 Å². The average Bonchev–Trinajstić information content (AvgIpc) is 2.41. The molecule has 0 aliphatic heterocycles. The Balaban J connectivity index is 2.02. The highest BCUT2D eigenvalue weighted by Gasteiger charge is 2.09. The van der Waals surface area contributed by atoms with Crippen molar-refractivity contribution in [1.82, 2.24) is 4.98 Å². The van der Waals surface area contributed by atoms with E-state index in [0.717, 1.165) is 5.56 Å². The van der Waals surface area contributed by atoms with Crippen molar-refractivity contribution in [3.05, 3.63) is 59.7 Å². The minimum absolute atomic E-state index is 0.210. The molecule has 0 aliphatic rings. The molecule has 2 rings (SSSR count). The third-order valence-electron chi connectivity index (χ3n) is 2.72. The number of rotatable bonds is 5. The van der Waals surface area contributed by atoms with Gasteiger partial charge in [0.2, 0.25) is 0 Å². The lowest BCUT2D eigenvalue weighted by atomic mass is 10.1. The molecule has 0 atom stereocenters. The molecule has 0 aliphatic carbocycles. The zero-order chi connectivity index (χ0) is 13.7. The predicted octanol–water partition coefficient (Wildman–Crippen LogP) is 3.04. The maximum absolute atomic E-state index is 13.1. The van der Waals surface area contributed by atoms with Gasteiger partial charge in [-0.1, -0.05) is 0 Å². The van der Waals surface area contributed by atoms with Gasteiger partial charge in [0.25, 0.3) is 0 Å². The molecule has 1 aromatic heterocycles. The van der Waals surface area contributed by atoms with Crippen LogP contribution in [0.1, 0.15) is 22.8 Å². The van der Waals surface area contributed by atoms with Crippen molar-refractivity contribution >= 4 is 5.78 Å². The number of Topliss-reactive ketones (excluding diaryl/α,β-unsaturated/α-hetero) is 1. The van der Waals surface area contributed by atoms with Crippen LogP contribution in [0.2, 0.25) is 0 Å². The van der Waals surface area contributed by atoms with Crippen LogP contribution in [-0.2, 0) is 6.42 Å². The van der Waals surface area contributed by atoms with Crippen molar-refractivity contribution in [3.63, 3.8) is 0 Å². The van der Waals surface area contributed by atoms with Gasteiger partial charge in [-0.05, 0) is 42.8 Å². The molecule has 0 bridgehead atoms. The predicted molar refractivity (Wildman–Crippen MR) is 69.8 cm³/mol. The summed E-state index contributed by atoms with van der Waals surface area (Å²) in [4.78, 5) is 15.3. The lowest BCUT2D eigenvalue weighted by Crippen LogP contribution is -2.05. The summed E-state index contributed by atoms with van der Waals surface area (Å²) in [5, 5.41) is 0. The monoisotopic (exact) mass is 259 g/mol. The van der Waals surface area contributed by atoms with Crippen molar-refractivity contribution in [2.75, 3.05) is 6.61 Å². The molecule has 1 heterocycles. The molecule has 0 unspecified atom stereocenters. The van der Waals surface area contributed by atoms with E-state index in [9.17, 15) is 9.18 Å². The largest absolute Gasteiger partial charge is 0.492 e. The number of aromatic nitrogens is 1. The summed E-state index contributed by atoms with van der Waals surface area (Å²) in [6, 6.07) is 7.77. The summed E-state index contributed by atoms with van der Waals surface area (Å²) >= 11 is 0. The first kappa shape index (κ1) is 13.2. The molecular formula is C15H14FNO2. The summed E-state index contributed by atoms with van der Waals surface area (Å²) in [6.07, 6.45) is 4.14. The van der Waals surface area contributed by atoms with Crippen molar-refractivity contribution in [2.45, 2.75) is 13.3 Å². The van der Waals surface area contributed by atoms with Gasteiger partial charge in [0.1, 0.15) is 11.6 Å². The van der Waals surface area contributed by atoms with Crippen molar-refractivity contribution in [2.24, 2.45) is 0 Å². The molecule has 0 N–H and O–H groups in total. The van der Waals surface area contributed by atoms with E-state index >= 15 is 0 Å². The van der Waals surface area contributed by atoms with E-state index in [1.165, 1.54) is 25.1 Å². The van der Waals surface area contributed by atoms with Gasteiger partial charge in [-0.3, -0.25) is 9.78 Å². The molecule has 0 radical (unpaired) electrons. The minimum atomic E-state index is -0.438. The highest BCUT2D eigenvalue weighted by Crippen LogP contribution is 2.20. The van der Waals surface area contributed by atoms with Crippen LogP contribution in [0.3, 0.4) is 0 Å². The number of nitrogens with zero attached hydrogens (tertiary/aromatic N) is 1. The van der Waals surface area contributed by atoms with Gasteiger partial charge in [0.15, 0.2) is 5.78 Å². The number of carbonyl (C=O) groups excluding carboxylic acids is 1. The minimum Gasteiger partial charge on any atom is -0.492 e. The average molecular weight is 259 g/mol. The Hall–Kier alpha value is -2.23. The van der Waals surface area contributed by atoms with Gasteiger partial charge in [0.05, 0.1) is 12.2 Å². The fourth-order valence-electron chi connectivity index (χ4n) is 1.73. The second kappa shape index (κ2) is 6.09. The van der Waals surface area contributed by atoms with Gasteiger partial charge >= 0.3 is 0 Å². The highest BCUT2D eigenvalue weighted by molar-refractivity contribution is 5.96. The van der Waals surface area contributed by atoms with Gasteiger partial charge in [-0.25, -0.2) is 4.39 Å². The molecule has 0 spiro atoms. The Bertz CT molecular complexity index is 570. The number of halogens is 1. The third-order valence-corrected chi connectivity index (χ3v) is 2.72. The smallest absolute Gasteiger partial charge is 0.163 e. The molecule has 0 amide bonds. The van der Waals surface area contributed by atoms with E-state index < -0.39 is 5.82 Å². The normalized spacial score (nSPS) is 10.2. The van der Waals surface area contributed by atoms with Crippen LogP contribution in [0.25, 0.3) is 0 Å². The standard InChI is InChI=1S/C15H14FNO2/c1-11(18)14-10-13(16)2-3-15(14)19-9-6-12-4-7-17-8-5-12/h2-5,7-8,10H,6,9H2,1H3. The second-order valence-electron chi connectivity index (χ2n) is 4.15. The van der Waals surface area contributed by atoms with Crippen molar-refractivity contribution in [3.8, 4) is 5.75 Å². The molecule has 0 fully saturated rings. The van der Waals surface area contributed by atoms with E-state index in [4.69, 9.17) is 4.74 Å². The highest BCUT2D eigenvalue weighted by atomic mass is 19.1. The second-order valence-corrected chi connectivity index (χ2v) is 4.15. The van der Waals surface area contributed by atoms with Crippen LogP contribution >= 0.6 is 0 Å². The SMILES string of the molecule is CC(=O)c1cc(F)ccc1OCCc1ccncc1. The summed E-state index contributed by atoms with van der Waals surface area (Å²) in [5.74, 6) is -0.229. The molecule has 19 heavy (non-hydrogen) atoms. The van der Waals surface area contributed by atoms with E-state index in [2.05, 4.69) is 4.98 Å². The quantitative estimate of drug-likeness (QED) is 0.775. The maximum atomic E-state index is 13.1. The van der Waals surface area contributed by atoms with Gasteiger partial charge in [-0.15, -0.1) is 0 Å². The molecule has 0 saturated carbocycles. The fourth-order valence-corrected chi connectivity index (χ4v) is 1.73. The Morgan fingerprint density at radius 1 is 1.26 bits per heavy atom. The number of hydrogen-bond donors (Lipinski definition) is 0. The van der Waals surface area contributed by atoms with Gasteiger partial charge < -0.3 is 4.74 Å². The number of ether oxygens (including phenoxy) is 1. The van der Waals surface area contributed by atoms with E-state index in [-0.39, 0.29) is 11.3 Å². The van der Waals surface area contributed by atoms with Crippen LogP contribution in [-0.4, -0.2) is 17.4 Å².